The quantitative estimate of drug-likeness (QED) is 0.151. The maximum Gasteiger partial charge on any atom is 0.260 e. The topological polar surface area (TPSA) is 200 Å². The van der Waals surface area contributed by atoms with Crippen molar-refractivity contribution in [2.45, 2.75) is 38.8 Å². The normalized spacial score (nSPS) is 12.9. The predicted molar refractivity (Wildman–Crippen MR) is 226 cm³/mol. The van der Waals surface area contributed by atoms with Crippen molar-refractivity contribution >= 4 is 33.1 Å². The Bertz CT molecular complexity index is 3690. The number of halogens is 1. The molecule has 0 spiro atoms. The molecule has 310 valence electrons. The molecule has 11 aromatic rings. The number of pyridine rings is 6. The van der Waals surface area contributed by atoms with Crippen LogP contribution in [0.5, 0.6) is 0 Å². The molecule has 0 saturated heterocycles. The van der Waals surface area contributed by atoms with Crippen LogP contribution in [0.3, 0.4) is 0 Å². The van der Waals surface area contributed by atoms with Crippen LogP contribution in [0.4, 0.5) is 4.39 Å². The fourth-order valence-electron chi connectivity index (χ4n) is 8.04. The van der Waals surface area contributed by atoms with E-state index in [0.717, 1.165) is 22.4 Å². The Morgan fingerprint density at radius 1 is 0.714 bits per heavy atom. The van der Waals surface area contributed by atoms with E-state index >= 15 is 4.39 Å². The third-order valence-corrected chi connectivity index (χ3v) is 11.3. The van der Waals surface area contributed by atoms with Gasteiger partial charge in [-0.2, -0.15) is 5.10 Å². The van der Waals surface area contributed by atoms with Gasteiger partial charge >= 0.3 is 0 Å². The second kappa shape index (κ2) is 14.6. The molecule has 0 saturated carbocycles. The van der Waals surface area contributed by atoms with Crippen molar-refractivity contribution in [3.8, 4) is 33.8 Å². The van der Waals surface area contributed by atoms with Crippen LogP contribution in [-0.2, 0) is 13.5 Å². The Hall–Kier alpha value is -8.48. The molecule has 0 N–H and O–H groups in total. The van der Waals surface area contributed by atoms with Crippen molar-refractivity contribution in [1.82, 2.24) is 68.4 Å². The van der Waals surface area contributed by atoms with Gasteiger partial charge in [-0.05, 0) is 75.2 Å². The fourth-order valence-corrected chi connectivity index (χ4v) is 8.04. The summed E-state index contributed by atoms with van der Waals surface area (Å²) in [6.45, 7) is 3.64. The van der Waals surface area contributed by atoms with Crippen LogP contribution in [0.25, 0.3) is 66.9 Å². The van der Waals surface area contributed by atoms with E-state index in [0.29, 0.717) is 74.7 Å². The zero-order valence-electron chi connectivity index (χ0n) is 33.7. The lowest BCUT2D eigenvalue weighted by Crippen LogP contribution is -2.27. The molecule has 11 rings (SSSR count). The average Bonchev–Trinajstić information content (AvgIpc) is 4.16. The first kappa shape index (κ1) is 37.5. The SMILES string of the molecule is Cc1cc(-c2ccc3nnc([C@H](CCc4cc(-c5cc(F)c6nnc([C@H](C)n7ccc8ncccc8c7=O)n6c5)on4)n4ccc5ncc(-c6cnn(C)c6)cc5c4=O)n3c2)on1. The molecule has 11 aromatic heterocycles. The summed E-state index contributed by atoms with van der Waals surface area (Å²) in [7, 11) is 1.83. The lowest BCUT2D eigenvalue weighted by molar-refractivity contribution is 0.416. The molecule has 0 fully saturated rings. The van der Waals surface area contributed by atoms with E-state index in [4.69, 9.17) is 9.05 Å². The summed E-state index contributed by atoms with van der Waals surface area (Å²) in [5, 5.41) is 31.0. The predicted octanol–water partition coefficient (Wildman–Crippen LogP) is 6.18. The van der Waals surface area contributed by atoms with Crippen molar-refractivity contribution in [2.24, 2.45) is 7.05 Å². The summed E-state index contributed by atoms with van der Waals surface area (Å²) < 4.78 is 35.3. The van der Waals surface area contributed by atoms with Crippen molar-refractivity contribution in [3.05, 3.63) is 160 Å². The molecule has 63 heavy (non-hydrogen) atoms. The number of hydrogen-bond acceptors (Lipinski definition) is 13. The third kappa shape index (κ3) is 6.44. The molecule has 0 aliphatic heterocycles. The summed E-state index contributed by atoms with van der Waals surface area (Å²) in [5.74, 6) is 1.06. The number of aryl methyl sites for hydroxylation is 3. The van der Waals surface area contributed by atoms with Crippen molar-refractivity contribution < 1.29 is 13.4 Å². The average molecular weight is 841 g/mol. The zero-order valence-corrected chi connectivity index (χ0v) is 33.7. The van der Waals surface area contributed by atoms with Crippen LogP contribution in [0.15, 0.2) is 129 Å². The molecule has 0 aromatic carbocycles. The third-order valence-electron chi connectivity index (χ3n) is 11.3. The highest BCUT2D eigenvalue weighted by Crippen LogP contribution is 2.30. The number of rotatable bonds is 10. The maximum atomic E-state index is 15.7. The second-order valence-electron chi connectivity index (χ2n) is 15.3. The Balaban J connectivity index is 0.953. The molecular weight excluding hydrogens is 808 g/mol. The van der Waals surface area contributed by atoms with E-state index in [9.17, 15) is 9.59 Å². The van der Waals surface area contributed by atoms with Crippen molar-refractivity contribution in [1.29, 1.82) is 0 Å². The molecule has 18 nitrogen and oxygen atoms in total. The van der Waals surface area contributed by atoms with Gasteiger partial charge in [-0.1, -0.05) is 10.3 Å². The minimum absolute atomic E-state index is 0.00981. The summed E-state index contributed by atoms with van der Waals surface area (Å²) in [6.07, 6.45) is 14.4. The molecule has 0 radical (unpaired) electrons. The van der Waals surface area contributed by atoms with E-state index < -0.39 is 17.9 Å². The van der Waals surface area contributed by atoms with E-state index in [1.807, 2.05) is 55.0 Å². The first-order valence-corrected chi connectivity index (χ1v) is 19.9. The van der Waals surface area contributed by atoms with Crippen LogP contribution in [0, 0.1) is 12.7 Å². The zero-order chi connectivity index (χ0) is 42.9. The van der Waals surface area contributed by atoms with Gasteiger partial charge in [-0.25, -0.2) is 4.39 Å². The van der Waals surface area contributed by atoms with Crippen LogP contribution >= 0.6 is 0 Å². The minimum Gasteiger partial charge on any atom is -0.356 e. The molecule has 2 atom stereocenters. The van der Waals surface area contributed by atoms with Crippen LogP contribution in [0.2, 0.25) is 0 Å². The molecule has 11 heterocycles. The van der Waals surface area contributed by atoms with Gasteiger partial charge in [0.05, 0.1) is 51.5 Å². The van der Waals surface area contributed by atoms with E-state index in [2.05, 4.69) is 45.8 Å². The molecule has 0 unspecified atom stereocenters. The summed E-state index contributed by atoms with van der Waals surface area (Å²) in [5.41, 5.74) is 5.09. The Labute approximate surface area is 353 Å². The van der Waals surface area contributed by atoms with Gasteiger partial charge in [-0.3, -0.25) is 33.0 Å². The number of fused-ring (bicyclic) bond motifs is 4. The Kier molecular flexibility index (Phi) is 8.70. The van der Waals surface area contributed by atoms with E-state index in [1.54, 1.807) is 83.7 Å². The van der Waals surface area contributed by atoms with Gasteiger partial charge in [0.15, 0.2) is 40.3 Å². The van der Waals surface area contributed by atoms with Crippen molar-refractivity contribution in [3.63, 3.8) is 0 Å². The van der Waals surface area contributed by atoms with Gasteiger partial charge < -0.3 is 18.2 Å². The van der Waals surface area contributed by atoms with Crippen LogP contribution < -0.4 is 11.1 Å². The highest BCUT2D eigenvalue weighted by molar-refractivity contribution is 5.82. The molecule has 0 aliphatic carbocycles. The summed E-state index contributed by atoms with van der Waals surface area (Å²) in [4.78, 5) is 36.9. The highest BCUT2D eigenvalue weighted by atomic mass is 19.1. The molecule has 0 bridgehead atoms. The smallest absolute Gasteiger partial charge is 0.260 e. The van der Waals surface area contributed by atoms with Crippen LogP contribution in [-0.4, -0.2) is 68.4 Å². The van der Waals surface area contributed by atoms with Crippen molar-refractivity contribution in [2.75, 3.05) is 0 Å². The van der Waals surface area contributed by atoms with Gasteiger partial charge in [0.2, 0.25) is 0 Å². The second-order valence-corrected chi connectivity index (χ2v) is 15.3. The minimum atomic E-state index is -0.657. The van der Waals surface area contributed by atoms with Gasteiger partial charge in [0, 0.05) is 84.8 Å². The Morgan fingerprint density at radius 2 is 1.49 bits per heavy atom. The van der Waals surface area contributed by atoms with E-state index in [1.165, 1.54) is 15.0 Å². The van der Waals surface area contributed by atoms with Gasteiger partial charge in [0.25, 0.3) is 11.1 Å². The molecular formula is C44H33FN14O4. The van der Waals surface area contributed by atoms with Crippen LogP contribution in [0.1, 0.15) is 48.5 Å². The number of aromatic nitrogens is 14. The molecule has 0 amide bonds. The lowest BCUT2D eigenvalue weighted by atomic mass is 10.1. The van der Waals surface area contributed by atoms with E-state index in [-0.39, 0.29) is 16.8 Å². The first-order chi connectivity index (χ1) is 30.7. The van der Waals surface area contributed by atoms with Gasteiger partial charge in [-0.15, -0.1) is 20.4 Å². The number of nitrogens with zero attached hydrogens (tertiary/aromatic N) is 14. The summed E-state index contributed by atoms with van der Waals surface area (Å²) in [6, 6.07) is 16.1. The molecule has 0 aliphatic rings. The van der Waals surface area contributed by atoms with Gasteiger partial charge in [0.1, 0.15) is 0 Å². The first-order valence-electron chi connectivity index (χ1n) is 19.9. The number of hydrogen-bond donors (Lipinski definition) is 0. The largest absolute Gasteiger partial charge is 0.356 e. The maximum absolute atomic E-state index is 15.7. The fraction of sp³-hybridized carbons (Fsp3) is 0.159. The lowest BCUT2D eigenvalue weighted by Gasteiger charge is -2.19. The summed E-state index contributed by atoms with van der Waals surface area (Å²) >= 11 is 0. The Morgan fingerprint density at radius 3 is 2.32 bits per heavy atom. The molecule has 19 heteroatoms. The monoisotopic (exact) mass is 840 g/mol. The standard InChI is InChI=1S/C44H33FN14O4/c1-24-15-37(62-53-24)26-6-9-39-49-52-42(58(39)22-26)36(57-14-11-35-32(44(57)61)16-27(19-47-35)29-20-48-55(3)21-29)8-7-30-18-38(63-54-30)28-17-33(45)41-51-50-40(59(41)23-28)25(2)56-13-10-34-31(43(56)60)5-4-12-46-34/h4-6,9-23,25,36H,7-8H2,1-3H3/t25-,36-/m0/s1. The highest BCUT2D eigenvalue weighted by Gasteiger charge is 2.25.